The van der Waals surface area contributed by atoms with E-state index in [4.69, 9.17) is 0 Å². The van der Waals surface area contributed by atoms with Crippen molar-refractivity contribution in [2.75, 3.05) is 4.90 Å². The quantitative estimate of drug-likeness (QED) is 0.147. The standard InChI is InChI=1S/C72H61N/c1-69(2)42-43-70(3,4)67-44-52(36-41-64(67)69)60-46-61-58-27-17-19-29-63(58)72(53-22-12-8-13-23-53,54-24-14-9-15-25-54)66(61)47-68(60)73(56-39-40-59-57-26-16-18-28-62(57)71(5,6)65(59)45-56)55-37-34-51(35-38-55)50-32-30-49(31-33-50)48-20-10-7-11-21-48/h7-41,44-47H,42-43H2,1-6H3. The third kappa shape index (κ3) is 7.04. The van der Waals surface area contributed by atoms with Crippen LogP contribution < -0.4 is 4.90 Å². The molecule has 0 spiro atoms. The highest BCUT2D eigenvalue weighted by molar-refractivity contribution is 5.98. The minimum absolute atomic E-state index is 0.0372. The van der Waals surface area contributed by atoms with Crippen LogP contribution in [0.4, 0.5) is 17.1 Å². The Morgan fingerprint density at radius 2 is 0.753 bits per heavy atom. The van der Waals surface area contributed by atoms with Gasteiger partial charge in [0.05, 0.1) is 11.1 Å². The molecule has 3 aliphatic rings. The van der Waals surface area contributed by atoms with E-state index in [1.165, 1.54) is 107 Å². The van der Waals surface area contributed by atoms with Crippen molar-refractivity contribution in [2.24, 2.45) is 0 Å². The predicted molar refractivity (Wildman–Crippen MR) is 308 cm³/mol. The Morgan fingerprint density at radius 3 is 1.37 bits per heavy atom. The van der Waals surface area contributed by atoms with Crippen molar-refractivity contribution < 1.29 is 0 Å². The van der Waals surface area contributed by atoms with Gasteiger partial charge in [0, 0.05) is 22.4 Å². The molecule has 3 aliphatic carbocycles. The molecule has 0 fully saturated rings. The van der Waals surface area contributed by atoms with Crippen molar-refractivity contribution in [1.29, 1.82) is 0 Å². The van der Waals surface area contributed by atoms with Crippen LogP contribution in [0, 0.1) is 0 Å². The molecule has 0 saturated heterocycles. The number of hydrogen-bond acceptors (Lipinski definition) is 1. The number of fused-ring (bicyclic) bond motifs is 7. The maximum absolute atomic E-state index is 2.59. The van der Waals surface area contributed by atoms with Crippen LogP contribution in [0.1, 0.15) is 98.9 Å². The second kappa shape index (κ2) is 16.8. The summed E-state index contributed by atoms with van der Waals surface area (Å²) in [6, 6.07) is 89.5. The smallest absolute Gasteiger partial charge is 0.0714 e. The van der Waals surface area contributed by atoms with Gasteiger partial charge in [0.1, 0.15) is 0 Å². The topological polar surface area (TPSA) is 3.24 Å². The van der Waals surface area contributed by atoms with E-state index in [1.54, 1.807) is 0 Å². The molecule has 0 aliphatic heterocycles. The highest BCUT2D eigenvalue weighted by Crippen LogP contribution is 2.60. The molecule has 0 bridgehead atoms. The highest BCUT2D eigenvalue weighted by atomic mass is 15.1. The summed E-state index contributed by atoms with van der Waals surface area (Å²) in [5.41, 5.74) is 26.0. The van der Waals surface area contributed by atoms with E-state index in [1.807, 2.05) is 0 Å². The fraction of sp³-hybridized carbons (Fsp3) is 0.167. The molecule has 10 aromatic rings. The van der Waals surface area contributed by atoms with Crippen LogP contribution in [-0.2, 0) is 21.7 Å². The molecule has 0 atom stereocenters. The molecular weight excluding hydrogens is 879 g/mol. The predicted octanol–water partition coefficient (Wildman–Crippen LogP) is 19.2. The second-order valence-electron chi connectivity index (χ2n) is 22.7. The van der Waals surface area contributed by atoms with E-state index in [9.17, 15) is 0 Å². The Morgan fingerprint density at radius 1 is 0.288 bits per heavy atom. The summed E-state index contributed by atoms with van der Waals surface area (Å²) in [6.45, 7) is 14.6. The molecule has 13 rings (SSSR count). The van der Waals surface area contributed by atoms with Gasteiger partial charge in [-0.3, -0.25) is 0 Å². The minimum atomic E-state index is -0.577. The first-order valence-electron chi connectivity index (χ1n) is 26.3. The average molecular weight is 940 g/mol. The van der Waals surface area contributed by atoms with Crippen molar-refractivity contribution in [3.05, 3.63) is 281 Å². The van der Waals surface area contributed by atoms with Crippen LogP contribution in [0.15, 0.2) is 237 Å². The summed E-state index contributed by atoms with van der Waals surface area (Å²) in [6.07, 6.45) is 2.33. The van der Waals surface area contributed by atoms with Gasteiger partial charge in [0.2, 0.25) is 0 Å². The van der Waals surface area contributed by atoms with Crippen molar-refractivity contribution in [2.45, 2.75) is 76.0 Å². The van der Waals surface area contributed by atoms with E-state index in [0.717, 1.165) is 23.5 Å². The Balaban J connectivity index is 1.09. The number of benzene rings is 10. The summed E-state index contributed by atoms with van der Waals surface area (Å²) < 4.78 is 0. The van der Waals surface area contributed by atoms with Gasteiger partial charge in [-0.1, -0.05) is 242 Å². The lowest BCUT2D eigenvalue weighted by Crippen LogP contribution is -2.33. The molecule has 0 amide bonds. The molecule has 0 radical (unpaired) electrons. The van der Waals surface area contributed by atoms with Gasteiger partial charge in [-0.25, -0.2) is 0 Å². The minimum Gasteiger partial charge on any atom is -0.310 e. The van der Waals surface area contributed by atoms with Gasteiger partial charge >= 0.3 is 0 Å². The van der Waals surface area contributed by atoms with E-state index < -0.39 is 5.41 Å². The van der Waals surface area contributed by atoms with Crippen molar-refractivity contribution in [3.8, 4) is 55.6 Å². The molecule has 73 heavy (non-hydrogen) atoms. The van der Waals surface area contributed by atoms with E-state index in [0.29, 0.717) is 0 Å². The molecule has 0 N–H and O–H groups in total. The van der Waals surface area contributed by atoms with Gasteiger partial charge in [0.15, 0.2) is 0 Å². The lowest BCUT2D eigenvalue weighted by molar-refractivity contribution is 0.332. The number of hydrogen-bond donors (Lipinski definition) is 0. The number of rotatable bonds is 8. The number of nitrogens with zero attached hydrogens (tertiary/aromatic N) is 1. The van der Waals surface area contributed by atoms with Crippen molar-refractivity contribution in [3.63, 3.8) is 0 Å². The van der Waals surface area contributed by atoms with Crippen LogP contribution in [0.5, 0.6) is 0 Å². The highest BCUT2D eigenvalue weighted by Gasteiger charge is 2.47. The Hall–Kier alpha value is -8.00. The molecule has 1 nitrogen and oxygen atoms in total. The second-order valence-corrected chi connectivity index (χ2v) is 22.7. The van der Waals surface area contributed by atoms with Crippen LogP contribution in [0.3, 0.4) is 0 Å². The van der Waals surface area contributed by atoms with Gasteiger partial charge in [-0.2, -0.15) is 0 Å². The fourth-order valence-corrected chi connectivity index (χ4v) is 13.2. The third-order valence-corrected chi connectivity index (χ3v) is 17.3. The maximum atomic E-state index is 2.59. The normalized spacial score (nSPS) is 15.9. The molecule has 0 heterocycles. The first kappa shape index (κ1) is 44.9. The monoisotopic (exact) mass is 939 g/mol. The van der Waals surface area contributed by atoms with Gasteiger partial charge < -0.3 is 4.90 Å². The molecule has 1 heteroatoms. The summed E-state index contributed by atoms with van der Waals surface area (Å²) in [4.78, 5) is 2.58. The third-order valence-electron chi connectivity index (χ3n) is 17.3. The maximum Gasteiger partial charge on any atom is 0.0714 e. The lowest BCUT2D eigenvalue weighted by atomic mass is 9.63. The van der Waals surface area contributed by atoms with Crippen LogP contribution >= 0.6 is 0 Å². The van der Waals surface area contributed by atoms with E-state index >= 15 is 0 Å². The van der Waals surface area contributed by atoms with Crippen LogP contribution in [0.2, 0.25) is 0 Å². The number of anilines is 3. The molecule has 10 aromatic carbocycles. The van der Waals surface area contributed by atoms with Crippen molar-refractivity contribution >= 4 is 17.1 Å². The summed E-state index contributed by atoms with van der Waals surface area (Å²) in [7, 11) is 0. The van der Waals surface area contributed by atoms with Gasteiger partial charge in [-0.05, 0) is 155 Å². The zero-order valence-corrected chi connectivity index (χ0v) is 42.9. The Bertz CT molecular complexity index is 3690. The van der Waals surface area contributed by atoms with Gasteiger partial charge in [-0.15, -0.1) is 0 Å². The fourth-order valence-electron chi connectivity index (χ4n) is 13.2. The summed E-state index contributed by atoms with van der Waals surface area (Å²) in [5.74, 6) is 0. The van der Waals surface area contributed by atoms with Crippen LogP contribution in [-0.4, -0.2) is 0 Å². The largest absolute Gasteiger partial charge is 0.310 e. The molecular formula is C72H61N. The average Bonchev–Trinajstić information content (AvgIpc) is 3.85. The molecule has 0 unspecified atom stereocenters. The zero-order chi connectivity index (χ0) is 49.7. The van der Waals surface area contributed by atoms with E-state index in [2.05, 4.69) is 283 Å². The van der Waals surface area contributed by atoms with Crippen LogP contribution in [0.25, 0.3) is 55.6 Å². The first-order chi connectivity index (χ1) is 35.4. The SMILES string of the molecule is CC1(C)CCC(C)(C)c2cc(-c3cc4c(cc3N(c3ccc(-c5ccc(-c6ccccc6)cc5)cc3)c3ccc5c(c3)C(C)(C)c3ccccc3-5)C(c3ccccc3)(c3ccccc3)c3ccccc3-4)ccc21. The molecule has 0 saturated carbocycles. The first-order valence-corrected chi connectivity index (χ1v) is 26.3. The molecule has 354 valence electrons. The Labute approximate surface area is 432 Å². The van der Waals surface area contributed by atoms with E-state index in [-0.39, 0.29) is 16.2 Å². The summed E-state index contributed by atoms with van der Waals surface area (Å²) in [5, 5.41) is 0. The van der Waals surface area contributed by atoms with Crippen molar-refractivity contribution in [1.82, 2.24) is 0 Å². The lowest BCUT2D eigenvalue weighted by Gasteiger charge is -2.42. The Kier molecular flexibility index (Phi) is 10.3. The summed E-state index contributed by atoms with van der Waals surface area (Å²) >= 11 is 0. The molecule has 0 aromatic heterocycles. The van der Waals surface area contributed by atoms with Gasteiger partial charge in [0.25, 0.3) is 0 Å². The zero-order valence-electron chi connectivity index (χ0n) is 42.9.